The summed E-state index contributed by atoms with van der Waals surface area (Å²) in [5.74, 6) is -0.946. The third-order valence-electron chi connectivity index (χ3n) is 4.88. The van der Waals surface area contributed by atoms with Crippen LogP contribution in [0.2, 0.25) is 0 Å². The van der Waals surface area contributed by atoms with Gasteiger partial charge in [-0.15, -0.1) is 0 Å². The zero-order valence-corrected chi connectivity index (χ0v) is 17.2. The fourth-order valence-electron chi connectivity index (χ4n) is 3.21. The van der Waals surface area contributed by atoms with Crippen molar-refractivity contribution in [3.63, 3.8) is 0 Å². The van der Waals surface area contributed by atoms with Gasteiger partial charge in [0.25, 0.3) is 0 Å². The summed E-state index contributed by atoms with van der Waals surface area (Å²) >= 11 is 3.37. The van der Waals surface area contributed by atoms with E-state index >= 15 is 0 Å². The summed E-state index contributed by atoms with van der Waals surface area (Å²) in [6.07, 6.45) is 3.16. The molecule has 1 N–H and O–H groups in total. The number of aromatic nitrogens is 1. The fraction of sp³-hybridized carbons (Fsp3) is 0.400. The molecule has 8 heteroatoms. The standard InChI is InChI=1S/C20H20BrN3O4/c1-3-28-19(27)15-9-24(16-8-13(21)6-7-14(16)18(15)26)10-17(25)23-20(2,11-22)12-4-5-12/h6-9,12H,3-5,10H2,1-2H3,(H,23,25). The van der Waals surface area contributed by atoms with Crippen molar-refractivity contribution in [2.75, 3.05) is 6.61 Å². The van der Waals surface area contributed by atoms with Gasteiger partial charge in [0.1, 0.15) is 17.6 Å². The Hall–Kier alpha value is -2.66. The minimum absolute atomic E-state index is 0.130. The number of rotatable bonds is 6. The van der Waals surface area contributed by atoms with Crippen LogP contribution in [0.5, 0.6) is 0 Å². The van der Waals surface area contributed by atoms with Crippen LogP contribution in [0.4, 0.5) is 0 Å². The number of hydrogen-bond donors (Lipinski definition) is 1. The number of nitriles is 1. The molecule has 1 aromatic heterocycles. The summed E-state index contributed by atoms with van der Waals surface area (Å²) in [4.78, 5) is 37.5. The maximum absolute atomic E-state index is 12.7. The number of amides is 1. The summed E-state index contributed by atoms with van der Waals surface area (Å²) < 4.78 is 7.24. The fourth-order valence-corrected chi connectivity index (χ4v) is 3.56. The summed E-state index contributed by atoms with van der Waals surface area (Å²) in [7, 11) is 0. The molecule has 146 valence electrons. The van der Waals surface area contributed by atoms with Gasteiger partial charge in [0.2, 0.25) is 11.3 Å². The second-order valence-corrected chi connectivity index (χ2v) is 7.93. The molecule has 1 fully saturated rings. The largest absolute Gasteiger partial charge is 0.462 e. The highest BCUT2D eigenvalue weighted by molar-refractivity contribution is 9.10. The van der Waals surface area contributed by atoms with E-state index in [2.05, 4.69) is 27.3 Å². The van der Waals surface area contributed by atoms with Gasteiger partial charge in [0.15, 0.2) is 0 Å². The molecular weight excluding hydrogens is 426 g/mol. The number of esters is 1. The number of ether oxygens (including phenoxy) is 1. The minimum Gasteiger partial charge on any atom is -0.462 e. The smallest absolute Gasteiger partial charge is 0.343 e. The molecule has 1 aliphatic carbocycles. The highest BCUT2D eigenvalue weighted by atomic mass is 79.9. The Balaban J connectivity index is 2.01. The van der Waals surface area contributed by atoms with Crippen molar-refractivity contribution in [3.8, 4) is 6.07 Å². The lowest BCUT2D eigenvalue weighted by Gasteiger charge is -2.23. The summed E-state index contributed by atoms with van der Waals surface area (Å²) in [6, 6.07) is 7.19. The number of nitrogens with one attached hydrogen (secondary N) is 1. The molecule has 1 atom stereocenters. The number of nitrogens with zero attached hydrogens (tertiary/aromatic N) is 2. The molecule has 28 heavy (non-hydrogen) atoms. The van der Waals surface area contributed by atoms with Crippen LogP contribution >= 0.6 is 15.9 Å². The van der Waals surface area contributed by atoms with Crippen LogP contribution in [0, 0.1) is 17.2 Å². The van der Waals surface area contributed by atoms with E-state index in [-0.39, 0.29) is 30.5 Å². The first-order chi connectivity index (χ1) is 13.3. The Morgan fingerprint density at radius 2 is 2.14 bits per heavy atom. The Kier molecular flexibility index (Phi) is 5.57. The molecule has 1 heterocycles. The quantitative estimate of drug-likeness (QED) is 0.688. The average molecular weight is 446 g/mol. The number of carbonyl (C=O) groups is 2. The number of pyridine rings is 1. The molecule has 0 aliphatic heterocycles. The number of carbonyl (C=O) groups excluding carboxylic acids is 2. The Morgan fingerprint density at radius 3 is 2.75 bits per heavy atom. The SMILES string of the molecule is CCOC(=O)c1cn(CC(=O)NC(C)(C#N)C2CC2)c2cc(Br)ccc2c1=O. The van der Waals surface area contributed by atoms with Crippen LogP contribution in [0.1, 0.15) is 37.0 Å². The van der Waals surface area contributed by atoms with Gasteiger partial charge in [-0.25, -0.2) is 4.79 Å². The van der Waals surface area contributed by atoms with Crippen molar-refractivity contribution < 1.29 is 14.3 Å². The molecule has 1 saturated carbocycles. The lowest BCUT2D eigenvalue weighted by molar-refractivity contribution is -0.123. The molecule has 1 aromatic carbocycles. The van der Waals surface area contributed by atoms with Crippen LogP contribution in [0.15, 0.2) is 33.7 Å². The highest BCUT2D eigenvalue weighted by Gasteiger charge is 2.43. The molecule has 0 radical (unpaired) electrons. The van der Waals surface area contributed by atoms with E-state index in [1.807, 2.05) is 0 Å². The molecule has 7 nitrogen and oxygen atoms in total. The summed E-state index contributed by atoms with van der Waals surface area (Å²) in [5.41, 5.74) is -0.990. The van der Waals surface area contributed by atoms with Gasteiger partial charge in [-0.2, -0.15) is 5.26 Å². The van der Waals surface area contributed by atoms with Crippen molar-refractivity contribution in [2.24, 2.45) is 5.92 Å². The average Bonchev–Trinajstić information content (AvgIpc) is 3.49. The second kappa shape index (κ2) is 7.76. The molecule has 1 unspecified atom stereocenters. The third kappa shape index (κ3) is 3.94. The van der Waals surface area contributed by atoms with Gasteiger partial charge >= 0.3 is 5.97 Å². The zero-order chi connectivity index (χ0) is 20.5. The normalized spacial score (nSPS) is 15.5. The Labute approximate surface area is 170 Å². The van der Waals surface area contributed by atoms with E-state index in [1.165, 1.54) is 10.8 Å². The van der Waals surface area contributed by atoms with Crippen LogP contribution < -0.4 is 10.7 Å². The van der Waals surface area contributed by atoms with Gasteiger partial charge in [0.05, 0.1) is 18.2 Å². The molecule has 0 spiro atoms. The van der Waals surface area contributed by atoms with Gasteiger partial charge in [0, 0.05) is 16.1 Å². The predicted molar refractivity (Wildman–Crippen MR) is 107 cm³/mol. The Morgan fingerprint density at radius 1 is 1.43 bits per heavy atom. The van der Waals surface area contributed by atoms with Crippen molar-refractivity contribution in [3.05, 3.63) is 44.7 Å². The first-order valence-corrected chi connectivity index (χ1v) is 9.80. The van der Waals surface area contributed by atoms with Crippen LogP contribution in [0.3, 0.4) is 0 Å². The van der Waals surface area contributed by atoms with Crippen LogP contribution in [-0.2, 0) is 16.1 Å². The molecule has 1 aliphatic rings. The molecule has 0 bridgehead atoms. The van der Waals surface area contributed by atoms with E-state index in [9.17, 15) is 19.6 Å². The van der Waals surface area contributed by atoms with Gasteiger partial charge in [-0.3, -0.25) is 9.59 Å². The van der Waals surface area contributed by atoms with Crippen molar-refractivity contribution >= 4 is 38.7 Å². The summed E-state index contributed by atoms with van der Waals surface area (Å²) in [5, 5.41) is 12.6. The molecule has 3 rings (SSSR count). The van der Waals surface area contributed by atoms with E-state index in [0.717, 1.165) is 17.3 Å². The van der Waals surface area contributed by atoms with Crippen LogP contribution in [-0.4, -0.2) is 28.6 Å². The van der Waals surface area contributed by atoms with E-state index < -0.39 is 16.9 Å². The van der Waals surface area contributed by atoms with Crippen molar-refractivity contribution in [2.45, 2.75) is 38.8 Å². The summed E-state index contributed by atoms with van der Waals surface area (Å²) in [6.45, 7) is 3.37. The Bertz CT molecular complexity index is 1050. The monoisotopic (exact) mass is 445 g/mol. The van der Waals surface area contributed by atoms with E-state index in [0.29, 0.717) is 10.9 Å². The first-order valence-electron chi connectivity index (χ1n) is 9.01. The lowest BCUT2D eigenvalue weighted by atomic mass is 9.98. The highest BCUT2D eigenvalue weighted by Crippen LogP contribution is 2.39. The second-order valence-electron chi connectivity index (χ2n) is 7.02. The van der Waals surface area contributed by atoms with Gasteiger partial charge in [-0.1, -0.05) is 15.9 Å². The predicted octanol–water partition coefficient (Wildman–Crippen LogP) is 2.75. The maximum Gasteiger partial charge on any atom is 0.343 e. The zero-order valence-electron chi connectivity index (χ0n) is 15.6. The molecule has 1 amide bonds. The topological polar surface area (TPSA) is 101 Å². The molecular formula is C20H20BrN3O4. The van der Waals surface area contributed by atoms with Gasteiger partial charge in [-0.05, 0) is 50.8 Å². The van der Waals surface area contributed by atoms with Crippen LogP contribution in [0.25, 0.3) is 10.9 Å². The number of hydrogen-bond acceptors (Lipinski definition) is 5. The maximum atomic E-state index is 12.7. The molecule has 2 aromatic rings. The van der Waals surface area contributed by atoms with Crippen molar-refractivity contribution in [1.82, 2.24) is 9.88 Å². The minimum atomic E-state index is -0.920. The lowest BCUT2D eigenvalue weighted by Crippen LogP contribution is -2.48. The van der Waals surface area contributed by atoms with E-state index in [4.69, 9.17) is 4.74 Å². The van der Waals surface area contributed by atoms with Crippen molar-refractivity contribution in [1.29, 1.82) is 5.26 Å². The number of halogens is 1. The molecule has 0 saturated heterocycles. The van der Waals surface area contributed by atoms with E-state index in [1.54, 1.807) is 32.0 Å². The third-order valence-corrected chi connectivity index (χ3v) is 5.37. The number of fused-ring (bicyclic) bond motifs is 1. The van der Waals surface area contributed by atoms with Gasteiger partial charge < -0.3 is 14.6 Å². The first kappa shape index (κ1) is 20.1. The number of benzene rings is 1.